The second kappa shape index (κ2) is 8.84. The van der Waals surface area contributed by atoms with Gasteiger partial charge in [-0.1, -0.05) is 41.9 Å². The van der Waals surface area contributed by atoms with Gasteiger partial charge in [-0.25, -0.2) is 9.78 Å². The number of rotatable bonds is 5. The van der Waals surface area contributed by atoms with Crippen molar-refractivity contribution in [3.8, 4) is 0 Å². The van der Waals surface area contributed by atoms with E-state index in [2.05, 4.69) is 39.0 Å². The Balaban J connectivity index is 1.54. The van der Waals surface area contributed by atoms with Crippen LogP contribution in [0.25, 0.3) is 11.0 Å². The minimum atomic E-state index is 0.0260. The van der Waals surface area contributed by atoms with Crippen molar-refractivity contribution in [3.05, 3.63) is 64.9 Å². The Bertz CT molecular complexity index is 980. The quantitative estimate of drug-likeness (QED) is 0.698. The topological polar surface area (TPSA) is 53.4 Å². The van der Waals surface area contributed by atoms with Crippen LogP contribution >= 0.6 is 11.6 Å². The first kappa shape index (κ1) is 19.7. The zero-order valence-electron chi connectivity index (χ0n) is 16.6. The van der Waals surface area contributed by atoms with E-state index in [1.807, 2.05) is 36.1 Å². The molecular weight excluding hydrogens is 386 g/mol. The Labute approximate surface area is 176 Å². The molecule has 2 amide bonds. The number of imidazole rings is 1. The van der Waals surface area contributed by atoms with E-state index in [9.17, 15) is 4.79 Å². The number of carbonyl (C=O) groups is 1. The van der Waals surface area contributed by atoms with E-state index >= 15 is 0 Å². The van der Waals surface area contributed by atoms with Crippen LogP contribution in [0, 0.1) is 0 Å². The number of hydrogen-bond acceptors (Lipinski definition) is 3. The third-order valence-electron chi connectivity index (χ3n) is 5.33. The number of benzene rings is 2. The van der Waals surface area contributed by atoms with Crippen LogP contribution in [0.2, 0.25) is 5.02 Å². The molecule has 1 saturated heterocycles. The standard InChI is InChI=1S/C22H26ClN5O/c1-2-24-22(29)27-12-10-26(11-13-27)16-21-25-19-14-18(23)8-9-20(19)28(21)15-17-6-4-3-5-7-17/h3-9,14H,2,10-13,15-16H2,1H3,(H,24,29). The fourth-order valence-electron chi connectivity index (χ4n) is 3.79. The van der Waals surface area contributed by atoms with E-state index in [-0.39, 0.29) is 6.03 Å². The molecule has 0 saturated carbocycles. The van der Waals surface area contributed by atoms with Crippen LogP contribution in [0.3, 0.4) is 0 Å². The number of nitrogens with one attached hydrogen (secondary N) is 1. The molecule has 7 heteroatoms. The van der Waals surface area contributed by atoms with Crippen molar-refractivity contribution >= 4 is 28.7 Å². The normalized spacial score (nSPS) is 15.0. The molecule has 2 aromatic carbocycles. The summed E-state index contributed by atoms with van der Waals surface area (Å²) >= 11 is 6.20. The van der Waals surface area contributed by atoms with E-state index in [1.165, 1.54) is 5.56 Å². The molecule has 0 aliphatic carbocycles. The number of piperazine rings is 1. The fraction of sp³-hybridized carbons (Fsp3) is 0.364. The predicted molar refractivity (Wildman–Crippen MR) is 116 cm³/mol. The molecule has 4 rings (SSSR count). The first-order valence-electron chi connectivity index (χ1n) is 10.1. The second-order valence-electron chi connectivity index (χ2n) is 7.33. The molecule has 0 spiro atoms. The summed E-state index contributed by atoms with van der Waals surface area (Å²) in [6.45, 7) is 7.27. The second-order valence-corrected chi connectivity index (χ2v) is 7.77. The van der Waals surface area contributed by atoms with Crippen LogP contribution in [-0.4, -0.2) is 58.1 Å². The van der Waals surface area contributed by atoms with Crippen LogP contribution in [0.15, 0.2) is 48.5 Å². The van der Waals surface area contributed by atoms with Crippen molar-refractivity contribution in [1.29, 1.82) is 0 Å². The van der Waals surface area contributed by atoms with Crippen LogP contribution in [0.4, 0.5) is 4.79 Å². The Kier molecular flexibility index (Phi) is 6.02. The summed E-state index contributed by atoms with van der Waals surface area (Å²) in [5, 5.41) is 3.58. The van der Waals surface area contributed by atoms with Crippen molar-refractivity contribution in [1.82, 2.24) is 24.7 Å². The first-order valence-corrected chi connectivity index (χ1v) is 10.5. The number of carbonyl (C=O) groups excluding carboxylic acids is 1. The highest BCUT2D eigenvalue weighted by Crippen LogP contribution is 2.23. The molecule has 1 N–H and O–H groups in total. The van der Waals surface area contributed by atoms with Crippen LogP contribution in [0.5, 0.6) is 0 Å². The third kappa shape index (κ3) is 4.54. The minimum absolute atomic E-state index is 0.0260. The van der Waals surface area contributed by atoms with Gasteiger partial charge in [0.25, 0.3) is 0 Å². The number of halogens is 1. The van der Waals surface area contributed by atoms with Gasteiger partial charge in [-0.15, -0.1) is 0 Å². The van der Waals surface area contributed by atoms with Crippen molar-refractivity contribution in [2.75, 3.05) is 32.7 Å². The molecule has 1 fully saturated rings. The van der Waals surface area contributed by atoms with E-state index in [4.69, 9.17) is 16.6 Å². The van der Waals surface area contributed by atoms with Crippen molar-refractivity contribution in [3.63, 3.8) is 0 Å². The van der Waals surface area contributed by atoms with E-state index in [0.29, 0.717) is 11.6 Å². The van der Waals surface area contributed by atoms with Gasteiger partial charge < -0.3 is 14.8 Å². The largest absolute Gasteiger partial charge is 0.338 e. The summed E-state index contributed by atoms with van der Waals surface area (Å²) < 4.78 is 2.27. The fourth-order valence-corrected chi connectivity index (χ4v) is 3.95. The Morgan fingerprint density at radius 2 is 1.83 bits per heavy atom. The molecule has 1 aromatic heterocycles. The molecule has 0 atom stereocenters. The molecule has 0 bridgehead atoms. The van der Waals surface area contributed by atoms with Crippen molar-refractivity contribution in [2.45, 2.75) is 20.0 Å². The van der Waals surface area contributed by atoms with Crippen molar-refractivity contribution < 1.29 is 4.79 Å². The molecule has 3 aromatic rings. The highest BCUT2D eigenvalue weighted by atomic mass is 35.5. The molecule has 29 heavy (non-hydrogen) atoms. The molecule has 0 unspecified atom stereocenters. The van der Waals surface area contributed by atoms with Gasteiger partial charge >= 0.3 is 6.03 Å². The average molecular weight is 412 g/mol. The Hall–Kier alpha value is -2.57. The number of amides is 2. The summed E-state index contributed by atoms with van der Waals surface area (Å²) in [5.74, 6) is 1.03. The summed E-state index contributed by atoms with van der Waals surface area (Å²) in [6, 6.07) is 16.3. The maximum atomic E-state index is 12.0. The molecule has 152 valence electrons. The van der Waals surface area contributed by atoms with Gasteiger partial charge in [-0.3, -0.25) is 4.90 Å². The number of nitrogens with zero attached hydrogens (tertiary/aromatic N) is 4. The van der Waals surface area contributed by atoms with Crippen molar-refractivity contribution in [2.24, 2.45) is 0 Å². The van der Waals surface area contributed by atoms with Gasteiger partial charge in [0.1, 0.15) is 5.82 Å². The average Bonchev–Trinajstić information content (AvgIpc) is 3.05. The Morgan fingerprint density at radius 3 is 2.55 bits per heavy atom. The van der Waals surface area contributed by atoms with Crippen LogP contribution in [0.1, 0.15) is 18.3 Å². The highest BCUT2D eigenvalue weighted by Gasteiger charge is 2.22. The molecule has 6 nitrogen and oxygen atoms in total. The number of fused-ring (bicyclic) bond motifs is 1. The SMILES string of the molecule is CCNC(=O)N1CCN(Cc2nc3cc(Cl)ccc3n2Cc2ccccc2)CC1. The minimum Gasteiger partial charge on any atom is -0.338 e. The Morgan fingerprint density at radius 1 is 1.07 bits per heavy atom. The molecule has 1 aliphatic heterocycles. The zero-order valence-corrected chi connectivity index (χ0v) is 17.4. The van der Waals surface area contributed by atoms with Crippen LogP contribution in [-0.2, 0) is 13.1 Å². The van der Waals surface area contributed by atoms with Gasteiger partial charge in [-0.2, -0.15) is 0 Å². The number of aromatic nitrogens is 2. The lowest BCUT2D eigenvalue weighted by Crippen LogP contribution is -2.51. The van der Waals surface area contributed by atoms with Gasteiger partial charge in [0.05, 0.1) is 17.6 Å². The summed E-state index contributed by atoms with van der Waals surface area (Å²) in [5.41, 5.74) is 3.25. The van der Waals surface area contributed by atoms with Crippen LogP contribution < -0.4 is 5.32 Å². The maximum Gasteiger partial charge on any atom is 0.317 e. The van der Waals surface area contributed by atoms with Gasteiger partial charge in [0, 0.05) is 44.3 Å². The molecular formula is C22H26ClN5O. The molecule has 1 aliphatic rings. The molecule has 2 heterocycles. The maximum absolute atomic E-state index is 12.0. The lowest BCUT2D eigenvalue weighted by Gasteiger charge is -2.34. The van der Waals surface area contributed by atoms with E-state index in [1.54, 1.807) is 0 Å². The van der Waals surface area contributed by atoms with Gasteiger partial charge in [0.2, 0.25) is 0 Å². The summed E-state index contributed by atoms with van der Waals surface area (Å²) in [4.78, 5) is 21.2. The summed E-state index contributed by atoms with van der Waals surface area (Å²) in [7, 11) is 0. The van der Waals surface area contributed by atoms with Gasteiger partial charge in [0.15, 0.2) is 0 Å². The predicted octanol–water partition coefficient (Wildman–Crippen LogP) is 3.59. The third-order valence-corrected chi connectivity index (χ3v) is 5.56. The van der Waals surface area contributed by atoms with E-state index < -0.39 is 0 Å². The number of hydrogen-bond donors (Lipinski definition) is 1. The van der Waals surface area contributed by atoms with Gasteiger partial charge in [-0.05, 0) is 30.7 Å². The highest BCUT2D eigenvalue weighted by molar-refractivity contribution is 6.31. The molecule has 0 radical (unpaired) electrons. The summed E-state index contributed by atoms with van der Waals surface area (Å²) in [6.07, 6.45) is 0. The number of urea groups is 1. The lowest BCUT2D eigenvalue weighted by atomic mass is 10.2. The van der Waals surface area contributed by atoms with E-state index in [0.717, 1.165) is 56.1 Å². The monoisotopic (exact) mass is 411 g/mol. The first-order chi connectivity index (χ1) is 14.1. The smallest absolute Gasteiger partial charge is 0.317 e. The lowest BCUT2D eigenvalue weighted by molar-refractivity contribution is 0.133. The zero-order chi connectivity index (χ0) is 20.2.